The molecule has 4 rings (SSSR count). The van der Waals surface area contributed by atoms with Crippen molar-refractivity contribution in [1.29, 1.82) is 0 Å². The molecule has 1 aromatic carbocycles. The van der Waals surface area contributed by atoms with Gasteiger partial charge >= 0.3 is 0 Å². The number of benzene rings is 1. The molecule has 1 aliphatic carbocycles. The predicted octanol–water partition coefficient (Wildman–Crippen LogP) is 2.29. The van der Waals surface area contributed by atoms with Gasteiger partial charge in [-0.2, -0.15) is 4.31 Å². The summed E-state index contributed by atoms with van der Waals surface area (Å²) in [6.45, 7) is 3.60. The molecule has 2 aliphatic rings. The van der Waals surface area contributed by atoms with E-state index in [4.69, 9.17) is 9.47 Å². The number of ether oxygens (including phenoxy) is 2. The number of aliphatic hydroxyl groups excluding tert-OH is 1. The average molecular weight is 572 g/mol. The maximum absolute atomic E-state index is 13.6. The number of nitrogens with zero attached hydrogens (tertiary/aromatic N) is 3. The monoisotopic (exact) mass is 571 g/mol. The predicted molar refractivity (Wildman–Crippen MR) is 149 cm³/mol. The molecule has 0 bridgehead atoms. The van der Waals surface area contributed by atoms with E-state index in [1.54, 1.807) is 30.0 Å². The molecule has 11 heteroatoms. The molecule has 0 unspecified atom stereocenters. The number of carbonyl (C=O) groups excluding carboxylic acids is 1. The van der Waals surface area contributed by atoms with Crippen LogP contribution in [0.25, 0.3) is 0 Å². The summed E-state index contributed by atoms with van der Waals surface area (Å²) in [5.74, 6) is 5.84. The number of methoxy groups -OCH3 is 1. The number of pyridine rings is 1. The molecule has 0 spiro atoms. The molecule has 3 atom stereocenters. The summed E-state index contributed by atoms with van der Waals surface area (Å²) in [7, 11) is -0.854. The first-order chi connectivity index (χ1) is 19.0. The quantitative estimate of drug-likeness (QED) is 0.485. The van der Waals surface area contributed by atoms with Gasteiger partial charge in [0.2, 0.25) is 15.9 Å². The minimum absolute atomic E-state index is 0.000769. The Hall–Kier alpha value is -3.17. The maximum atomic E-state index is 13.6. The third-order valence-electron chi connectivity index (χ3n) is 7.60. The second kappa shape index (κ2) is 12.1. The average Bonchev–Trinajstić information content (AvgIpc) is 3.39. The number of sulfonamides is 1. The van der Waals surface area contributed by atoms with E-state index in [0.29, 0.717) is 24.2 Å². The molecular weight excluding hydrogens is 534 g/mol. The molecule has 1 saturated carbocycles. The Bertz CT molecular complexity index is 1380. The molecular formula is C29H37N3O7S. The second-order valence-electron chi connectivity index (χ2n) is 10.6. The van der Waals surface area contributed by atoms with Gasteiger partial charge in [0, 0.05) is 31.3 Å². The van der Waals surface area contributed by atoms with E-state index in [-0.39, 0.29) is 47.9 Å². The van der Waals surface area contributed by atoms with Crippen molar-refractivity contribution in [1.82, 2.24) is 14.2 Å². The fourth-order valence-electron chi connectivity index (χ4n) is 4.94. The van der Waals surface area contributed by atoms with E-state index in [9.17, 15) is 23.4 Å². The second-order valence-corrected chi connectivity index (χ2v) is 12.7. The summed E-state index contributed by atoms with van der Waals surface area (Å²) in [4.78, 5) is 19.7. The van der Waals surface area contributed by atoms with Crippen LogP contribution in [-0.4, -0.2) is 90.3 Å². The first kappa shape index (κ1) is 29.8. The van der Waals surface area contributed by atoms with Gasteiger partial charge in [0.15, 0.2) is 0 Å². The fraction of sp³-hybridized carbons (Fsp3) is 0.517. The largest absolute Gasteiger partial charge is 0.497 e. The van der Waals surface area contributed by atoms with Crippen LogP contribution in [0.3, 0.4) is 0 Å². The van der Waals surface area contributed by atoms with Crippen LogP contribution >= 0.6 is 0 Å². The van der Waals surface area contributed by atoms with Gasteiger partial charge < -0.3 is 24.6 Å². The molecule has 1 aromatic heterocycles. The number of aromatic nitrogens is 1. The summed E-state index contributed by atoms with van der Waals surface area (Å²) in [5, 5.41) is 20.5. The van der Waals surface area contributed by atoms with Crippen LogP contribution in [0.4, 0.5) is 0 Å². The van der Waals surface area contributed by atoms with Crippen LogP contribution in [0.1, 0.15) is 55.5 Å². The highest BCUT2D eigenvalue weighted by Gasteiger charge is 2.36. The summed E-state index contributed by atoms with van der Waals surface area (Å²) in [5.41, 5.74) is -0.414. The Morgan fingerprint density at radius 3 is 2.58 bits per heavy atom. The van der Waals surface area contributed by atoms with Crippen LogP contribution in [-0.2, 0) is 10.0 Å². The molecule has 0 saturated heterocycles. The highest BCUT2D eigenvalue weighted by Crippen LogP contribution is 2.30. The van der Waals surface area contributed by atoms with Crippen molar-refractivity contribution >= 4 is 15.9 Å². The van der Waals surface area contributed by atoms with Crippen LogP contribution in [0.5, 0.6) is 11.6 Å². The van der Waals surface area contributed by atoms with Gasteiger partial charge in [-0.25, -0.2) is 13.4 Å². The highest BCUT2D eigenvalue weighted by atomic mass is 32.2. The van der Waals surface area contributed by atoms with Gasteiger partial charge in [-0.05, 0) is 62.9 Å². The molecule has 40 heavy (non-hydrogen) atoms. The Kier molecular flexibility index (Phi) is 9.05. The molecule has 2 heterocycles. The smallest absolute Gasteiger partial charge is 0.259 e. The summed E-state index contributed by atoms with van der Waals surface area (Å²) in [6, 6.07) is 7.23. The summed E-state index contributed by atoms with van der Waals surface area (Å²) in [6.07, 6.45) is 3.87. The number of amides is 1. The van der Waals surface area contributed by atoms with E-state index < -0.39 is 27.8 Å². The van der Waals surface area contributed by atoms with Gasteiger partial charge in [-0.3, -0.25) is 4.79 Å². The lowest BCUT2D eigenvalue weighted by atomic mass is 10.00. The molecule has 0 radical (unpaired) electrons. The zero-order valence-electron chi connectivity index (χ0n) is 23.3. The molecule has 10 nitrogen and oxygen atoms in total. The van der Waals surface area contributed by atoms with E-state index >= 15 is 0 Å². The van der Waals surface area contributed by atoms with Crippen LogP contribution in [0.2, 0.25) is 0 Å². The van der Waals surface area contributed by atoms with Crippen LogP contribution in [0, 0.1) is 17.8 Å². The first-order valence-electron chi connectivity index (χ1n) is 13.4. The zero-order valence-corrected chi connectivity index (χ0v) is 24.1. The van der Waals surface area contributed by atoms with Crippen molar-refractivity contribution in [3.05, 3.63) is 47.7 Å². The minimum Gasteiger partial charge on any atom is -0.497 e. The van der Waals surface area contributed by atoms with Crippen molar-refractivity contribution in [2.45, 2.75) is 62.2 Å². The van der Waals surface area contributed by atoms with Crippen molar-refractivity contribution in [3.8, 4) is 23.5 Å². The maximum Gasteiger partial charge on any atom is 0.259 e. The molecule has 1 aliphatic heterocycles. The SMILES string of the molecule is COc1ccc(S(=O)(=O)N(C)C[C@@H]2Oc3ncc(C#CC4(O)CCCC4)cc3C(=O)N([C@H](C)CO)C[C@@H]2C)cc1. The van der Waals surface area contributed by atoms with Crippen molar-refractivity contribution < 1.29 is 32.9 Å². The lowest BCUT2D eigenvalue weighted by Crippen LogP contribution is -2.50. The normalized spacial score (nSPS) is 21.5. The molecule has 1 amide bonds. The number of hydrogen-bond donors (Lipinski definition) is 2. The van der Waals surface area contributed by atoms with Crippen molar-refractivity contribution in [2.24, 2.45) is 5.92 Å². The van der Waals surface area contributed by atoms with Gasteiger partial charge in [0.25, 0.3) is 5.91 Å². The Balaban J connectivity index is 1.65. The van der Waals surface area contributed by atoms with E-state index in [2.05, 4.69) is 16.8 Å². The Morgan fingerprint density at radius 2 is 1.95 bits per heavy atom. The molecule has 216 valence electrons. The Morgan fingerprint density at radius 1 is 1.27 bits per heavy atom. The van der Waals surface area contributed by atoms with Gasteiger partial charge in [-0.15, -0.1) is 0 Å². The first-order valence-corrected chi connectivity index (χ1v) is 14.9. The lowest BCUT2D eigenvalue weighted by Gasteiger charge is -2.37. The number of likely N-dealkylation sites (N-methyl/N-ethyl adjacent to an activating group) is 1. The van der Waals surface area contributed by atoms with Crippen LogP contribution < -0.4 is 9.47 Å². The molecule has 1 fully saturated rings. The molecule has 2 aromatic rings. The highest BCUT2D eigenvalue weighted by molar-refractivity contribution is 7.89. The third kappa shape index (κ3) is 6.41. The number of hydrogen-bond acceptors (Lipinski definition) is 8. The van der Waals surface area contributed by atoms with E-state index in [1.807, 2.05) is 6.92 Å². The fourth-order valence-corrected chi connectivity index (χ4v) is 6.12. The molecule has 2 N–H and O–H groups in total. The van der Waals surface area contributed by atoms with E-state index in [1.165, 1.54) is 36.8 Å². The van der Waals surface area contributed by atoms with Crippen molar-refractivity contribution in [3.63, 3.8) is 0 Å². The number of aliphatic hydroxyl groups is 2. The van der Waals surface area contributed by atoms with Gasteiger partial charge in [0.1, 0.15) is 23.0 Å². The zero-order chi connectivity index (χ0) is 29.1. The number of rotatable bonds is 7. The lowest BCUT2D eigenvalue weighted by molar-refractivity contribution is 0.0373. The Labute approximate surface area is 236 Å². The minimum atomic E-state index is -3.84. The van der Waals surface area contributed by atoms with Crippen LogP contribution in [0.15, 0.2) is 41.4 Å². The van der Waals surface area contributed by atoms with Gasteiger partial charge in [0.05, 0.1) is 31.2 Å². The summed E-state index contributed by atoms with van der Waals surface area (Å²) < 4.78 is 39.2. The van der Waals surface area contributed by atoms with Gasteiger partial charge in [-0.1, -0.05) is 18.8 Å². The topological polar surface area (TPSA) is 130 Å². The summed E-state index contributed by atoms with van der Waals surface area (Å²) >= 11 is 0. The van der Waals surface area contributed by atoms with E-state index in [0.717, 1.165) is 12.8 Å². The standard InChI is InChI=1S/C29H37N3O7S/c1-20-17-32(21(2)19-33)28(34)25-15-22(11-14-29(35)12-5-6-13-29)16-30-27(25)39-26(20)18-31(3)40(36,37)24-9-7-23(38-4)8-10-24/h7-10,15-16,20-21,26,33,35H,5-6,12-13,17-19H2,1-4H3/t20-,21+,26-/m0/s1. The number of fused-ring (bicyclic) bond motifs is 1. The third-order valence-corrected chi connectivity index (χ3v) is 9.43. The number of carbonyl (C=O) groups is 1. The van der Waals surface area contributed by atoms with Crippen molar-refractivity contribution in [2.75, 3.05) is 33.9 Å².